The minimum atomic E-state index is 0.753. The molecule has 1 aromatic heterocycles. The topological polar surface area (TPSA) is 37.0 Å². The van der Waals surface area contributed by atoms with Gasteiger partial charge in [-0.15, -0.1) is 0 Å². The first-order valence-corrected chi connectivity index (χ1v) is 5.74. The maximum atomic E-state index is 5.20. The second-order valence-electron chi connectivity index (χ2n) is 4.38. The molecule has 0 amide bonds. The van der Waals surface area contributed by atoms with Crippen molar-refractivity contribution in [3.05, 3.63) is 30.0 Å². The van der Waals surface area contributed by atoms with Crippen LogP contribution in [0.25, 0.3) is 10.9 Å². The quantitative estimate of drug-likeness (QED) is 0.823. The summed E-state index contributed by atoms with van der Waals surface area (Å²) in [5, 5.41) is 4.81. The smallest absolute Gasteiger partial charge is 0.120 e. The van der Waals surface area contributed by atoms with Gasteiger partial charge in [-0.05, 0) is 30.5 Å². The fourth-order valence-electron chi connectivity index (χ4n) is 1.98. The summed E-state index contributed by atoms with van der Waals surface area (Å²) in [4.78, 5) is 3.29. The van der Waals surface area contributed by atoms with Gasteiger partial charge in [-0.1, -0.05) is 0 Å². The molecule has 16 heavy (non-hydrogen) atoms. The molecule has 1 aromatic carbocycles. The summed E-state index contributed by atoms with van der Waals surface area (Å²) in [5.41, 5.74) is 2.48. The minimum Gasteiger partial charge on any atom is -0.497 e. The maximum Gasteiger partial charge on any atom is 0.120 e. The fraction of sp³-hybridized carbons (Fsp3) is 0.385. The third-order valence-corrected chi connectivity index (χ3v) is 3.13. The van der Waals surface area contributed by atoms with Crippen molar-refractivity contribution in [2.75, 3.05) is 7.11 Å². The Labute approximate surface area is 94.8 Å². The highest BCUT2D eigenvalue weighted by Gasteiger charge is 2.20. The van der Waals surface area contributed by atoms with Crippen LogP contribution in [-0.2, 0) is 6.54 Å². The standard InChI is InChI=1S/C13H16N2O/c1-16-11-4-5-12-9(7-14-10-2-3-10)8-15-13(12)6-11/h4-6,8,10,14-15H,2-3,7H2,1H3. The lowest BCUT2D eigenvalue weighted by molar-refractivity contribution is 0.415. The van der Waals surface area contributed by atoms with Crippen molar-refractivity contribution < 1.29 is 4.74 Å². The van der Waals surface area contributed by atoms with E-state index in [9.17, 15) is 0 Å². The fourth-order valence-corrected chi connectivity index (χ4v) is 1.98. The molecular weight excluding hydrogens is 200 g/mol. The predicted octanol–water partition coefficient (Wildman–Crippen LogP) is 2.43. The summed E-state index contributed by atoms with van der Waals surface area (Å²) in [5.74, 6) is 0.899. The molecule has 2 aromatic rings. The normalized spacial score (nSPS) is 15.6. The van der Waals surface area contributed by atoms with Crippen molar-refractivity contribution in [1.29, 1.82) is 0 Å². The van der Waals surface area contributed by atoms with E-state index < -0.39 is 0 Å². The number of benzene rings is 1. The molecule has 2 N–H and O–H groups in total. The molecule has 0 saturated heterocycles. The van der Waals surface area contributed by atoms with Crippen LogP contribution < -0.4 is 10.1 Å². The molecule has 0 aliphatic heterocycles. The predicted molar refractivity (Wildman–Crippen MR) is 64.7 cm³/mol. The summed E-state index contributed by atoms with van der Waals surface area (Å²) in [6.07, 6.45) is 4.74. The molecule has 3 heteroatoms. The molecule has 1 aliphatic rings. The molecule has 0 unspecified atom stereocenters. The van der Waals surface area contributed by atoms with Gasteiger partial charge in [0, 0.05) is 35.8 Å². The van der Waals surface area contributed by atoms with E-state index in [-0.39, 0.29) is 0 Å². The van der Waals surface area contributed by atoms with Gasteiger partial charge in [-0.2, -0.15) is 0 Å². The Morgan fingerprint density at radius 3 is 3.06 bits per heavy atom. The molecule has 0 bridgehead atoms. The summed E-state index contributed by atoms with van der Waals surface area (Å²) < 4.78 is 5.20. The lowest BCUT2D eigenvalue weighted by atomic mass is 10.1. The summed E-state index contributed by atoms with van der Waals surface area (Å²) in [7, 11) is 1.69. The molecule has 3 rings (SSSR count). The van der Waals surface area contributed by atoms with E-state index in [4.69, 9.17) is 4.74 Å². The van der Waals surface area contributed by atoms with Crippen LogP contribution in [0, 0.1) is 0 Å². The number of aromatic amines is 1. The van der Waals surface area contributed by atoms with E-state index in [1.807, 2.05) is 12.1 Å². The van der Waals surface area contributed by atoms with Crippen molar-refractivity contribution in [2.45, 2.75) is 25.4 Å². The van der Waals surface area contributed by atoms with Gasteiger partial charge in [0.25, 0.3) is 0 Å². The lowest BCUT2D eigenvalue weighted by Crippen LogP contribution is -2.14. The van der Waals surface area contributed by atoms with Crippen LogP contribution in [0.2, 0.25) is 0 Å². The largest absolute Gasteiger partial charge is 0.497 e. The second kappa shape index (κ2) is 3.83. The first-order valence-electron chi connectivity index (χ1n) is 5.74. The van der Waals surface area contributed by atoms with Gasteiger partial charge in [0.15, 0.2) is 0 Å². The number of hydrogen-bond donors (Lipinski definition) is 2. The zero-order valence-electron chi connectivity index (χ0n) is 9.42. The Hall–Kier alpha value is -1.48. The zero-order chi connectivity index (χ0) is 11.0. The summed E-state index contributed by atoms with van der Waals surface area (Å²) in [6.45, 7) is 0.955. The summed E-state index contributed by atoms with van der Waals surface area (Å²) in [6, 6.07) is 6.92. The van der Waals surface area contributed by atoms with Crippen LogP contribution in [0.1, 0.15) is 18.4 Å². The third kappa shape index (κ3) is 1.78. The number of nitrogens with one attached hydrogen (secondary N) is 2. The van der Waals surface area contributed by atoms with E-state index in [0.29, 0.717) is 0 Å². The van der Waals surface area contributed by atoms with Crippen LogP contribution in [0.3, 0.4) is 0 Å². The van der Waals surface area contributed by atoms with E-state index in [1.165, 1.54) is 23.8 Å². The number of fused-ring (bicyclic) bond motifs is 1. The van der Waals surface area contributed by atoms with Gasteiger partial charge in [-0.25, -0.2) is 0 Å². The Morgan fingerprint density at radius 1 is 1.44 bits per heavy atom. The van der Waals surface area contributed by atoms with E-state index in [0.717, 1.165) is 23.9 Å². The molecule has 84 valence electrons. The highest BCUT2D eigenvalue weighted by molar-refractivity contribution is 5.84. The SMILES string of the molecule is COc1ccc2c(CNC3CC3)c[nH]c2c1. The van der Waals surface area contributed by atoms with Crippen molar-refractivity contribution >= 4 is 10.9 Å². The Balaban J connectivity index is 1.87. The average molecular weight is 216 g/mol. The number of aromatic nitrogens is 1. The van der Waals surface area contributed by atoms with Crippen molar-refractivity contribution in [2.24, 2.45) is 0 Å². The Morgan fingerprint density at radius 2 is 2.31 bits per heavy atom. The lowest BCUT2D eigenvalue weighted by Gasteiger charge is -2.02. The van der Waals surface area contributed by atoms with Crippen LogP contribution in [-0.4, -0.2) is 18.1 Å². The third-order valence-electron chi connectivity index (χ3n) is 3.13. The molecule has 0 radical (unpaired) electrons. The van der Waals surface area contributed by atoms with Crippen molar-refractivity contribution in [3.8, 4) is 5.75 Å². The molecule has 1 saturated carbocycles. The van der Waals surface area contributed by atoms with Gasteiger partial charge in [0.1, 0.15) is 5.75 Å². The molecular formula is C13H16N2O. The van der Waals surface area contributed by atoms with Crippen LogP contribution in [0.5, 0.6) is 5.75 Å². The van der Waals surface area contributed by atoms with Gasteiger partial charge in [0.05, 0.1) is 7.11 Å². The number of hydrogen-bond acceptors (Lipinski definition) is 2. The van der Waals surface area contributed by atoms with Gasteiger partial charge in [-0.3, -0.25) is 0 Å². The van der Waals surface area contributed by atoms with E-state index >= 15 is 0 Å². The van der Waals surface area contributed by atoms with Crippen molar-refractivity contribution in [1.82, 2.24) is 10.3 Å². The maximum absolute atomic E-state index is 5.20. The van der Waals surface area contributed by atoms with Gasteiger partial charge in [0.2, 0.25) is 0 Å². The average Bonchev–Trinajstić information content (AvgIpc) is 3.06. The van der Waals surface area contributed by atoms with Gasteiger partial charge < -0.3 is 15.0 Å². The Bertz CT molecular complexity index is 500. The van der Waals surface area contributed by atoms with Crippen LogP contribution in [0.4, 0.5) is 0 Å². The monoisotopic (exact) mass is 216 g/mol. The molecule has 3 nitrogen and oxygen atoms in total. The number of H-pyrrole nitrogens is 1. The van der Waals surface area contributed by atoms with E-state index in [2.05, 4.69) is 22.6 Å². The van der Waals surface area contributed by atoms with Crippen LogP contribution >= 0.6 is 0 Å². The number of rotatable bonds is 4. The minimum absolute atomic E-state index is 0.753. The molecule has 1 heterocycles. The Kier molecular flexibility index (Phi) is 2.33. The highest BCUT2D eigenvalue weighted by Crippen LogP contribution is 2.24. The molecule has 1 aliphatic carbocycles. The molecule has 0 spiro atoms. The first kappa shape index (κ1) is 9.73. The number of ether oxygens (including phenoxy) is 1. The number of methoxy groups -OCH3 is 1. The van der Waals surface area contributed by atoms with Crippen molar-refractivity contribution in [3.63, 3.8) is 0 Å². The molecule has 1 fully saturated rings. The van der Waals surface area contributed by atoms with E-state index in [1.54, 1.807) is 7.11 Å². The second-order valence-corrected chi connectivity index (χ2v) is 4.38. The highest BCUT2D eigenvalue weighted by atomic mass is 16.5. The summed E-state index contributed by atoms with van der Waals surface area (Å²) >= 11 is 0. The molecule has 0 atom stereocenters. The first-order chi connectivity index (χ1) is 7.86. The van der Waals surface area contributed by atoms with Crippen LogP contribution in [0.15, 0.2) is 24.4 Å². The van der Waals surface area contributed by atoms with Gasteiger partial charge >= 0.3 is 0 Å². The zero-order valence-corrected chi connectivity index (χ0v) is 9.42.